The molecule has 0 aliphatic rings. The van der Waals surface area contributed by atoms with Gasteiger partial charge in [0.2, 0.25) is 11.8 Å². The number of nitrogens with zero attached hydrogens (tertiary/aromatic N) is 3. The zero-order valence-electron chi connectivity index (χ0n) is 18.2. The summed E-state index contributed by atoms with van der Waals surface area (Å²) in [6, 6.07) is 25.4. The van der Waals surface area contributed by atoms with Crippen molar-refractivity contribution in [1.82, 2.24) is 15.0 Å². The molecule has 0 radical (unpaired) electrons. The first-order valence-corrected chi connectivity index (χ1v) is 12.6. The lowest BCUT2D eigenvalue weighted by Gasteiger charge is -2.09. The van der Waals surface area contributed by atoms with Gasteiger partial charge in [0.05, 0.1) is 22.5 Å². The molecule has 8 heteroatoms. The highest BCUT2D eigenvalue weighted by atomic mass is 79.9. The van der Waals surface area contributed by atoms with Gasteiger partial charge in [-0.05, 0) is 41.8 Å². The molecule has 35 heavy (non-hydrogen) atoms. The fourth-order valence-electron chi connectivity index (χ4n) is 3.99. The Balaban J connectivity index is 1.26. The smallest absolute Gasteiger partial charge is 0.234 e. The van der Waals surface area contributed by atoms with Crippen molar-refractivity contribution in [2.75, 3.05) is 11.1 Å². The van der Waals surface area contributed by atoms with E-state index >= 15 is 0 Å². The lowest BCUT2D eigenvalue weighted by atomic mass is 10.1. The zero-order valence-corrected chi connectivity index (χ0v) is 20.6. The van der Waals surface area contributed by atoms with Crippen LogP contribution in [-0.2, 0) is 4.79 Å². The topological polar surface area (TPSA) is 80.9 Å². The summed E-state index contributed by atoms with van der Waals surface area (Å²) < 4.78 is 7.13. The lowest BCUT2D eigenvalue weighted by Crippen LogP contribution is -2.14. The number of benzene rings is 4. The summed E-state index contributed by atoms with van der Waals surface area (Å²) >= 11 is 4.86. The van der Waals surface area contributed by atoms with Crippen LogP contribution >= 0.6 is 27.7 Å². The molecule has 0 unspecified atom stereocenters. The molecule has 6 nitrogen and oxygen atoms in total. The van der Waals surface area contributed by atoms with Gasteiger partial charge in [0.25, 0.3) is 0 Å². The fraction of sp³-hybridized carbons (Fsp3) is 0.0370. The van der Waals surface area contributed by atoms with Crippen molar-refractivity contribution < 1.29 is 9.21 Å². The first-order valence-electron chi connectivity index (χ1n) is 10.9. The molecule has 1 amide bonds. The van der Waals surface area contributed by atoms with E-state index in [0.717, 1.165) is 47.8 Å². The Morgan fingerprint density at radius 3 is 2.69 bits per heavy atom. The average Bonchev–Trinajstić information content (AvgIpc) is 3.32. The first-order chi connectivity index (χ1) is 17.2. The van der Waals surface area contributed by atoms with E-state index < -0.39 is 0 Å². The summed E-state index contributed by atoms with van der Waals surface area (Å²) in [5.41, 5.74) is 3.71. The highest BCUT2D eigenvalue weighted by molar-refractivity contribution is 9.10. The van der Waals surface area contributed by atoms with E-state index in [9.17, 15) is 4.79 Å². The molecule has 0 spiro atoms. The summed E-state index contributed by atoms with van der Waals surface area (Å²) in [4.78, 5) is 26.2. The standard InChI is InChI=1S/C27H17BrN4O2S/c28-17-10-12-21-20(13-17)27(30-15-29-21)35-14-24(33)31-22-8-4-3-7-19(22)26-32-23-11-9-16-5-1-2-6-18(16)25(23)34-26/h1-13,15H,14H2,(H,31,33). The average molecular weight is 541 g/mol. The van der Waals surface area contributed by atoms with Crippen LogP contribution in [-0.4, -0.2) is 26.6 Å². The van der Waals surface area contributed by atoms with E-state index in [1.807, 2.05) is 78.9 Å². The number of hydrogen-bond donors (Lipinski definition) is 1. The normalized spacial score (nSPS) is 11.3. The molecule has 2 heterocycles. The van der Waals surface area contributed by atoms with Crippen LogP contribution in [0.25, 0.3) is 44.2 Å². The summed E-state index contributed by atoms with van der Waals surface area (Å²) in [7, 11) is 0. The van der Waals surface area contributed by atoms with Crippen molar-refractivity contribution >= 4 is 72.1 Å². The van der Waals surface area contributed by atoms with Crippen molar-refractivity contribution in [3.8, 4) is 11.5 Å². The van der Waals surface area contributed by atoms with Crippen molar-refractivity contribution in [1.29, 1.82) is 0 Å². The number of oxazole rings is 1. The SMILES string of the molecule is O=C(CSc1ncnc2ccc(Br)cc12)Nc1ccccc1-c1nc2ccc3ccccc3c2o1. The molecule has 0 aliphatic heterocycles. The number of thioether (sulfide) groups is 1. The van der Waals surface area contributed by atoms with Gasteiger partial charge in [0, 0.05) is 15.2 Å². The van der Waals surface area contributed by atoms with Gasteiger partial charge in [-0.2, -0.15) is 0 Å². The Labute approximate surface area is 212 Å². The molecule has 6 aromatic rings. The summed E-state index contributed by atoms with van der Waals surface area (Å²) in [6.45, 7) is 0. The third kappa shape index (κ3) is 4.26. The van der Waals surface area contributed by atoms with Crippen LogP contribution in [0.15, 0.2) is 99.1 Å². The Morgan fingerprint density at radius 2 is 1.74 bits per heavy atom. The van der Waals surface area contributed by atoms with Crippen LogP contribution in [0.5, 0.6) is 0 Å². The lowest BCUT2D eigenvalue weighted by molar-refractivity contribution is -0.113. The Bertz CT molecular complexity index is 1730. The van der Waals surface area contributed by atoms with Gasteiger partial charge in [0.1, 0.15) is 16.9 Å². The molecular weight excluding hydrogens is 524 g/mol. The maximum Gasteiger partial charge on any atom is 0.234 e. The van der Waals surface area contributed by atoms with Crippen LogP contribution in [0.1, 0.15) is 0 Å². The first kappa shape index (κ1) is 21.8. The predicted molar refractivity (Wildman–Crippen MR) is 144 cm³/mol. The van der Waals surface area contributed by atoms with Gasteiger partial charge in [0.15, 0.2) is 5.58 Å². The quantitative estimate of drug-likeness (QED) is 0.186. The number of halogens is 1. The third-order valence-electron chi connectivity index (χ3n) is 5.61. The van der Waals surface area contributed by atoms with Gasteiger partial charge in [-0.1, -0.05) is 70.2 Å². The molecule has 0 fully saturated rings. The molecule has 1 N–H and O–H groups in total. The molecular formula is C27H17BrN4O2S. The van der Waals surface area contributed by atoms with Crippen molar-refractivity contribution in [3.63, 3.8) is 0 Å². The number of fused-ring (bicyclic) bond motifs is 4. The third-order valence-corrected chi connectivity index (χ3v) is 7.11. The number of hydrogen-bond acceptors (Lipinski definition) is 6. The summed E-state index contributed by atoms with van der Waals surface area (Å²) in [5, 5.41) is 6.76. The van der Waals surface area contributed by atoms with Crippen LogP contribution in [0, 0.1) is 0 Å². The van der Waals surface area contributed by atoms with Crippen LogP contribution in [0.2, 0.25) is 0 Å². The number of rotatable bonds is 5. The number of anilines is 1. The van der Waals surface area contributed by atoms with Crippen molar-refractivity contribution in [2.24, 2.45) is 0 Å². The number of para-hydroxylation sites is 1. The summed E-state index contributed by atoms with van der Waals surface area (Å²) in [5.74, 6) is 0.517. The maximum atomic E-state index is 12.9. The summed E-state index contributed by atoms with van der Waals surface area (Å²) in [6.07, 6.45) is 1.52. The Morgan fingerprint density at radius 1 is 0.914 bits per heavy atom. The van der Waals surface area contributed by atoms with Gasteiger partial charge >= 0.3 is 0 Å². The van der Waals surface area contributed by atoms with Crippen LogP contribution in [0.4, 0.5) is 5.69 Å². The number of carbonyl (C=O) groups excluding carboxylic acids is 1. The number of amides is 1. The van der Waals surface area contributed by atoms with Crippen LogP contribution in [0.3, 0.4) is 0 Å². The second-order valence-corrected chi connectivity index (χ2v) is 9.76. The largest absolute Gasteiger partial charge is 0.435 e. The molecule has 170 valence electrons. The minimum atomic E-state index is -0.147. The molecule has 0 bridgehead atoms. The van der Waals surface area contributed by atoms with E-state index in [1.165, 1.54) is 18.1 Å². The zero-order chi connectivity index (χ0) is 23.8. The fourth-order valence-corrected chi connectivity index (χ4v) is 5.13. The van der Waals surface area contributed by atoms with E-state index in [2.05, 4.69) is 31.2 Å². The van der Waals surface area contributed by atoms with E-state index in [-0.39, 0.29) is 11.7 Å². The predicted octanol–water partition coefficient (Wildman–Crippen LogP) is 7.08. The number of nitrogens with one attached hydrogen (secondary N) is 1. The number of aromatic nitrogens is 3. The highest BCUT2D eigenvalue weighted by Gasteiger charge is 2.16. The molecule has 0 saturated carbocycles. The second-order valence-electron chi connectivity index (χ2n) is 7.88. The Hall–Kier alpha value is -3.75. The molecule has 4 aromatic carbocycles. The van der Waals surface area contributed by atoms with Crippen molar-refractivity contribution in [2.45, 2.75) is 5.03 Å². The molecule has 2 aromatic heterocycles. The van der Waals surface area contributed by atoms with Crippen molar-refractivity contribution in [3.05, 3.63) is 89.7 Å². The second kappa shape index (κ2) is 9.13. The molecule has 6 rings (SSSR count). The van der Waals surface area contributed by atoms with Gasteiger partial charge in [-0.3, -0.25) is 4.79 Å². The van der Waals surface area contributed by atoms with E-state index in [4.69, 9.17) is 9.40 Å². The molecule has 0 aliphatic carbocycles. The van der Waals surface area contributed by atoms with E-state index in [0.29, 0.717) is 11.6 Å². The van der Waals surface area contributed by atoms with Gasteiger partial charge < -0.3 is 9.73 Å². The Kier molecular flexibility index (Phi) is 5.67. The minimum absolute atomic E-state index is 0.147. The van der Waals surface area contributed by atoms with Gasteiger partial charge in [-0.25, -0.2) is 15.0 Å². The van der Waals surface area contributed by atoms with Gasteiger partial charge in [-0.15, -0.1) is 0 Å². The monoisotopic (exact) mass is 540 g/mol. The number of carbonyl (C=O) groups is 1. The highest BCUT2D eigenvalue weighted by Crippen LogP contribution is 2.34. The van der Waals surface area contributed by atoms with E-state index in [1.54, 1.807) is 0 Å². The molecule has 0 atom stereocenters. The minimum Gasteiger partial charge on any atom is -0.435 e. The maximum absolute atomic E-state index is 12.9. The van der Waals surface area contributed by atoms with Crippen LogP contribution < -0.4 is 5.32 Å². The molecule has 0 saturated heterocycles.